The van der Waals surface area contributed by atoms with Crippen LogP contribution in [0.5, 0.6) is 0 Å². The molecule has 0 aliphatic rings. The van der Waals surface area contributed by atoms with Crippen LogP contribution in [0.3, 0.4) is 0 Å². The summed E-state index contributed by atoms with van der Waals surface area (Å²) in [5, 5.41) is 0. The molecule has 1 aromatic heterocycles. The molecule has 0 amide bonds. The van der Waals surface area contributed by atoms with Gasteiger partial charge in [0.05, 0.1) is 19.3 Å². The van der Waals surface area contributed by atoms with Crippen LogP contribution in [-0.4, -0.2) is 25.2 Å². The number of carbonyl (C=O) groups excluding carboxylic acids is 1. The molecule has 2 aromatic carbocycles. The van der Waals surface area contributed by atoms with Gasteiger partial charge in [-0.3, -0.25) is 0 Å². The highest BCUT2D eigenvalue weighted by atomic mass is 16.5. The minimum Gasteiger partial charge on any atom is -0.465 e. The molecule has 0 radical (unpaired) electrons. The highest BCUT2D eigenvalue weighted by molar-refractivity contribution is 5.93. The molecule has 0 aliphatic carbocycles. The predicted molar refractivity (Wildman–Crippen MR) is 81.5 cm³/mol. The van der Waals surface area contributed by atoms with Gasteiger partial charge in [-0.25, -0.2) is 9.78 Å². The number of ether oxygens (including phenoxy) is 2. The summed E-state index contributed by atoms with van der Waals surface area (Å²) in [6.45, 7) is 0.475. The molecule has 1 heterocycles. The first-order valence-electron chi connectivity index (χ1n) is 6.79. The Hall–Kier alpha value is -2.66. The van der Waals surface area contributed by atoms with Crippen molar-refractivity contribution in [2.75, 3.05) is 14.2 Å². The van der Waals surface area contributed by atoms with Crippen molar-refractivity contribution in [3.05, 3.63) is 53.6 Å². The second-order valence-corrected chi connectivity index (χ2v) is 4.78. The van der Waals surface area contributed by atoms with Crippen molar-refractivity contribution in [3.8, 4) is 11.5 Å². The lowest BCUT2D eigenvalue weighted by molar-refractivity contribution is 0.0601. The Labute approximate surface area is 127 Å². The van der Waals surface area contributed by atoms with Gasteiger partial charge in [0.25, 0.3) is 0 Å². The number of esters is 1. The van der Waals surface area contributed by atoms with E-state index in [0.717, 1.165) is 11.1 Å². The molecule has 0 atom stereocenters. The Kier molecular flexibility index (Phi) is 3.89. The Morgan fingerprint density at radius 2 is 2.00 bits per heavy atom. The topological polar surface area (TPSA) is 61.6 Å². The van der Waals surface area contributed by atoms with Crippen LogP contribution in [0.4, 0.5) is 0 Å². The molecule has 0 bridgehead atoms. The number of methoxy groups -OCH3 is 2. The maximum atomic E-state index is 11.6. The van der Waals surface area contributed by atoms with Gasteiger partial charge in [-0.1, -0.05) is 18.2 Å². The van der Waals surface area contributed by atoms with Crippen LogP contribution >= 0.6 is 0 Å². The summed E-state index contributed by atoms with van der Waals surface area (Å²) in [5.41, 5.74) is 3.53. The molecular weight excluding hydrogens is 282 g/mol. The highest BCUT2D eigenvalue weighted by Gasteiger charge is 2.14. The van der Waals surface area contributed by atoms with Crippen molar-refractivity contribution in [1.82, 2.24) is 4.98 Å². The number of benzene rings is 2. The quantitative estimate of drug-likeness (QED) is 0.690. The average Bonchev–Trinajstić information content (AvgIpc) is 2.97. The molecule has 0 unspecified atom stereocenters. The molecule has 3 aromatic rings. The van der Waals surface area contributed by atoms with Gasteiger partial charge in [0.2, 0.25) is 5.89 Å². The second kappa shape index (κ2) is 5.99. The highest BCUT2D eigenvalue weighted by Crippen LogP contribution is 2.28. The molecule has 22 heavy (non-hydrogen) atoms. The van der Waals surface area contributed by atoms with Crippen LogP contribution in [0.25, 0.3) is 22.6 Å². The number of rotatable bonds is 4. The van der Waals surface area contributed by atoms with Crippen molar-refractivity contribution >= 4 is 17.1 Å². The van der Waals surface area contributed by atoms with Gasteiger partial charge in [-0.05, 0) is 29.8 Å². The van der Waals surface area contributed by atoms with Gasteiger partial charge in [0.15, 0.2) is 5.58 Å². The fourth-order valence-corrected chi connectivity index (χ4v) is 2.29. The molecule has 0 saturated heterocycles. The third-order valence-corrected chi connectivity index (χ3v) is 3.36. The smallest absolute Gasteiger partial charge is 0.337 e. The zero-order chi connectivity index (χ0) is 15.5. The van der Waals surface area contributed by atoms with Gasteiger partial charge in [-0.15, -0.1) is 0 Å². The SMILES string of the molecule is COCc1ccccc1-c1nc2ccc(C(=O)OC)cc2o1. The largest absolute Gasteiger partial charge is 0.465 e. The molecule has 112 valence electrons. The Bertz CT molecular complexity index is 822. The minimum absolute atomic E-state index is 0.403. The zero-order valence-corrected chi connectivity index (χ0v) is 12.3. The summed E-state index contributed by atoms with van der Waals surface area (Å²) in [7, 11) is 2.99. The van der Waals surface area contributed by atoms with Gasteiger partial charge in [-0.2, -0.15) is 0 Å². The molecular formula is C17H15NO4. The van der Waals surface area contributed by atoms with E-state index < -0.39 is 5.97 Å². The lowest BCUT2D eigenvalue weighted by atomic mass is 10.1. The van der Waals surface area contributed by atoms with Crippen LogP contribution in [0.15, 0.2) is 46.9 Å². The number of nitrogens with zero attached hydrogens (tertiary/aromatic N) is 1. The summed E-state index contributed by atoms with van der Waals surface area (Å²) in [6.07, 6.45) is 0. The number of fused-ring (bicyclic) bond motifs is 1. The van der Waals surface area contributed by atoms with E-state index in [0.29, 0.717) is 29.2 Å². The van der Waals surface area contributed by atoms with Gasteiger partial charge in [0.1, 0.15) is 5.52 Å². The summed E-state index contributed by atoms with van der Waals surface area (Å²) in [5.74, 6) is 0.101. The molecule has 5 heteroatoms. The Morgan fingerprint density at radius 1 is 1.18 bits per heavy atom. The normalized spacial score (nSPS) is 10.8. The summed E-state index contributed by atoms with van der Waals surface area (Å²) in [6, 6.07) is 12.8. The molecule has 0 saturated carbocycles. The standard InChI is InChI=1S/C17H15NO4/c1-20-10-12-5-3-4-6-13(12)16-18-14-8-7-11(17(19)21-2)9-15(14)22-16/h3-9H,10H2,1-2H3. The maximum Gasteiger partial charge on any atom is 0.337 e. The minimum atomic E-state index is -0.403. The van der Waals surface area contributed by atoms with E-state index in [-0.39, 0.29) is 0 Å². The number of aromatic nitrogens is 1. The number of hydrogen-bond donors (Lipinski definition) is 0. The van der Waals surface area contributed by atoms with Crippen molar-refractivity contribution < 1.29 is 18.7 Å². The van der Waals surface area contributed by atoms with E-state index in [2.05, 4.69) is 4.98 Å². The van der Waals surface area contributed by atoms with E-state index in [1.807, 2.05) is 24.3 Å². The zero-order valence-electron chi connectivity index (χ0n) is 12.3. The van der Waals surface area contributed by atoms with Crippen LogP contribution in [-0.2, 0) is 16.1 Å². The van der Waals surface area contributed by atoms with Crippen LogP contribution in [0.2, 0.25) is 0 Å². The second-order valence-electron chi connectivity index (χ2n) is 4.78. The number of oxazole rings is 1. The first-order valence-corrected chi connectivity index (χ1v) is 6.79. The summed E-state index contributed by atoms with van der Waals surface area (Å²) in [4.78, 5) is 16.1. The van der Waals surface area contributed by atoms with E-state index in [9.17, 15) is 4.79 Å². The fourth-order valence-electron chi connectivity index (χ4n) is 2.29. The lowest BCUT2D eigenvalue weighted by Gasteiger charge is -2.04. The fraction of sp³-hybridized carbons (Fsp3) is 0.176. The molecule has 0 N–H and O–H groups in total. The Balaban J connectivity index is 2.07. The molecule has 0 spiro atoms. The van der Waals surface area contributed by atoms with Gasteiger partial charge >= 0.3 is 5.97 Å². The monoisotopic (exact) mass is 297 g/mol. The third-order valence-electron chi connectivity index (χ3n) is 3.36. The van der Waals surface area contributed by atoms with Crippen molar-refractivity contribution in [1.29, 1.82) is 0 Å². The van der Waals surface area contributed by atoms with E-state index in [1.165, 1.54) is 7.11 Å². The average molecular weight is 297 g/mol. The maximum absolute atomic E-state index is 11.6. The number of carbonyl (C=O) groups is 1. The van der Waals surface area contributed by atoms with Gasteiger partial charge in [0, 0.05) is 12.7 Å². The van der Waals surface area contributed by atoms with Gasteiger partial charge < -0.3 is 13.9 Å². The Morgan fingerprint density at radius 3 is 2.77 bits per heavy atom. The molecule has 3 rings (SSSR count). The van der Waals surface area contributed by atoms with Crippen LogP contribution in [0, 0.1) is 0 Å². The van der Waals surface area contributed by atoms with Crippen molar-refractivity contribution in [2.45, 2.75) is 6.61 Å². The van der Waals surface area contributed by atoms with Crippen molar-refractivity contribution in [2.24, 2.45) is 0 Å². The number of hydrogen-bond acceptors (Lipinski definition) is 5. The molecule has 0 fully saturated rings. The molecule has 5 nitrogen and oxygen atoms in total. The first kappa shape index (κ1) is 14.3. The predicted octanol–water partition coefficient (Wildman–Crippen LogP) is 3.43. The first-order chi connectivity index (χ1) is 10.7. The van der Waals surface area contributed by atoms with E-state index in [4.69, 9.17) is 13.9 Å². The third kappa shape index (κ3) is 2.58. The van der Waals surface area contributed by atoms with Crippen molar-refractivity contribution in [3.63, 3.8) is 0 Å². The summed E-state index contributed by atoms with van der Waals surface area (Å²) >= 11 is 0. The summed E-state index contributed by atoms with van der Waals surface area (Å²) < 4.78 is 15.7. The van der Waals surface area contributed by atoms with Crippen LogP contribution < -0.4 is 0 Å². The van der Waals surface area contributed by atoms with Crippen LogP contribution in [0.1, 0.15) is 15.9 Å². The molecule has 0 aliphatic heterocycles. The lowest BCUT2D eigenvalue weighted by Crippen LogP contribution is -2.00. The van der Waals surface area contributed by atoms with E-state index in [1.54, 1.807) is 25.3 Å². The van der Waals surface area contributed by atoms with E-state index >= 15 is 0 Å².